The van der Waals surface area contributed by atoms with Crippen LogP contribution in [0.5, 0.6) is 17.5 Å². The molecule has 288 valence electrons. The minimum atomic E-state index is -1.78. The average Bonchev–Trinajstić information content (AvgIpc) is 3.07. The van der Waals surface area contributed by atoms with Gasteiger partial charge in [0.2, 0.25) is 5.88 Å². The van der Waals surface area contributed by atoms with E-state index in [4.69, 9.17) is 28.4 Å². The Kier molecular flexibility index (Phi) is 14.7. The van der Waals surface area contributed by atoms with Gasteiger partial charge in [-0.1, -0.05) is 20.8 Å². The summed E-state index contributed by atoms with van der Waals surface area (Å²) in [5.41, 5.74) is -3.34. The summed E-state index contributed by atoms with van der Waals surface area (Å²) in [4.78, 5) is 15.5. The Morgan fingerprint density at radius 2 is 1.74 bits per heavy atom. The summed E-state index contributed by atoms with van der Waals surface area (Å²) in [7, 11) is 6.54. The molecule has 3 heterocycles. The number of likely N-dealkylation sites (N-methyl/N-ethyl adjacent to an activating group) is 2. The van der Waals surface area contributed by atoms with E-state index in [1.807, 2.05) is 25.8 Å². The number of nitrogens with zero attached hydrogens (tertiary/aromatic N) is 3. The van der Waals surface area contributed by atoms with E-state index in [9.17, 15) is 25.2 Å². The van der Waals surface area contributed by atoms with Gasteiger partial charge in [0, 0.05) is 24.6 Å². The molecule has 2 aliphatic heterocycles. The summed E-state index contributed by atoms with van der Waals surface area (Å²) in [5.74, 6) is -2.24. The summed E-state index contributed by atoms with van der Waals surface area (Å²) < 4.78 is 36.1. The van der Waals surface area contributed by atoms with Crippen molar-refractivity contribution >= 4 is 5.97 Å². The standard InChI is InChI=1S/C35H62N4O11/c1-13-25-35(8,44)29(41)22(6)39(10)17-18(2)16-34(7,43)30(20(4)27(40)21(5)32(42)49-25)50-33-28(23(36-9)14-19(3)47-33)48-24-15-26(45-11)37-38-31(24)46-12/h15,18-23,25,27-30,33,36,40-41,43-44H,13-14,16-17H2,1-12H3/t18-,19-,20+,21-,22-,23+,25-,27+,28-,29-,30-,33+,34-,35-/m1/s1. The van der Waals surface area contributed by atoms with Gasteiger partial charge in [0.15, 0.2) is 18.1 Å². The minimum Gasteiger partial charge on any atom is -0.480 e. The van der Waals surface area contributed by atoms with Gasteiger partial charge in [-0.25, -0.2) is 0 Å². The molecule has 50 heavy (non-hydrogen) atoms. The molecule has 0 unspecified atom stereocenters. The number of cyclic esters (lactones) is 1. The maximum absolute atomic E-state index is 13.5. The summed E-state index contributed by atoms with van der Waals surface area (Å²) in [6, 6.07) is 0.731. The van der Waals surface area contributed by atoms with Crippen LogP contribution in [0.2, 0.25) is 0 Å². The summed E-state index contributed by atoms with van der Waals surface area (Å²) in [5, 5.41) is 58.1. The molecule has 0 bridgehead atoms. The van der Waals surface area contributed by atoms with Crippen molar-refractivity contribution in [3.05, 3.63) is 6.07 Å². The Bertz CT molecular complexity index is 1240. The van der Waals surface area contributed by atoms with Crippen LogP contribution in [0.1, 0.15) is 74.7 Å². The topological polar surface area (TPSA) is 194 Å². The number of esters is 1. The number of carbonyl (C=O) groups excluding carboxylic acids is 1. The van der Waals surface area contributed by atoms with E-state index in [1.54, 1.807) is 40.8 Å². The molecule has 2 saturated heterocycles. The van der Waals surface area contributed by atoms with Crippen LogP contribution < -0.4 is 19.5 Å². The van der Waals surface area contributed by atoms with E-state index in [0.29, 0.717) is 13.0 Å². The van der Waals surface area contributed by atoms with Crippen LogP contribution in [0.3, 0.4) is 0 Å². The third-order valence-electron chi connectivity index (χ3n) is 10.5. The van der Waals surface area contributed by atoms with Crippen LogP contribution in [0.15, 0.2) is 6.07 Å². The van der Waals surface area contributed by atoms with Crippen molar-refractivity contribution in [1.29, 1.82) is 0 Å². The zero-order valence-electron chi connectivity index (χ0n) is 31.8. The van der Waals surface area contributed by atoms with Gasteiger partial charge in [0.25, 0.3) is 5.88 Å². The number of aromatic nitrogens is 2. The lowest BCUT2D eigenvalue weighted by Crippen LogP contribution is -2.60. The monoisotopic (exact) mass is 714 g/mol. The Morgan fingerprint density at radius 1 is 1.08 bits per heavy atom. The zero-order chi connectivity index (χ0) is 37.7. The van der Waals surface area contributed by atoms with Crippen molar-refractivity contribution in [2.24, 2.45) is 17.8 Å². The van der Waals surface area contributed by atoms with Crippen LogP contribution >= 0.6 is 0 Å². The van der Waals surface area contributed by atoms with Crippen LogP contribution in [0.4, 0.5) is 0 Å². The fraction of sp³-hybridized carbons (Fsp3) is 0.857. The Hall–Kier alpha value is -2.37. The second kappa shape index (κ2) is 17.4. The number of carbonyl (C=O) groups is 1. The number of rotatable bonds is 8. The average molecular weight is 715 g/mol. The molecule has 0 radical (unpaired) electrons. The number of aliphatic hydroxyl groups excluding tert-OH is 2. The Morgan fingerprint density at radius 3 is 2.32 bits per heavy atom. The van der Waals surface area contributed by atoms with Crippen LogP contribution in [0, 0.1) is 17.8 Å². The normalized spacial score (nSPS) is 41.4. The van der Waals surface area contributed by atoms with Gasteiger partial charge in [0.1, 0.15) is 17.8 Å². The second-order valence-corrected chi connectivity index (χ2v) is 14.8. The third-order valence-corrected chi connectivity index (χ3v) is 10.5. The highest BCUT2D eigenvalue weighted by atomic mass is 16.7. The van der Waals surface area contributed by atoms with Gasteiger partial charge < -0.3 is 59.1 Å². The minimum absolute atomic E-state index is 0.122. The molecule has 1 aromatic rings. The molecule has 3 rings (SSSR count). The molecule has 14 atom stereocenters. The van der Waals surface area contributed by atoms with Crippen LogP contribution in [0.25, 0.3) is 0 Å². The van der Waals surface area contributed by atoms with Gasteiger partial charge in [-0.2, -0.15) is 0 Å². The van der Waals surface area contributed by atoms with Crippen molar-refractivity contribution in [2.75, 3.05) is 34.9 Å². The molecule has 0 spiro atoms. The zero-order valence-corrected chi connectivity index (χ0v) is 31.8. The molecule has 1 aromatic heterocycles. The first-order valence-corrected chi connectivity index (χ1v) is 17.6. The molecule has 2 fully saturated rings. The van der Waals surface area contributed by atoms with Gasteiger partial charge in [-0.05, 0) is 73.9 Å². The number of hydrogen-bond donors (Lipinski definition) is 5. The van der Waals surface area contributed by atoms with Crippen molar-refractivity contribution in [3.8, 4) is 17.5 Å². The van der Waals surface area contributed by atoms with Gasteiger partial charge >= 0.3 is 5.97 Å². The van der Waals surface area contributed by atoms with E-state index >= 15 is 0 Å². The molecular formula is C35H62N4O11. The molecule has 15 heteroatoms. The van der Waals surface area contributed by atoms with Crippen molar-refractivity contribution in [2.45, 2.75) is 141 Å². The maximum atomic E-state index is 13.5. The molecule has 5 N–H and O–H groups in total. The Balaban J connectivity index is 2.08. The molecule has 0 aromatic carbocycles. The number of hydrogen-bond acceptors (Lipinski definition) is 15. The highest BCUT2D eigenvalue weighted by Crippen LogP contribution is 2.38. The molecule has 0 amide bonds. The predicted octanol–water partition coefficient (Wildman–Crippen LogP) is 1.53. The molecular weight excluding hydrogens is 652 g/mol. The largest absolute Gasteiger partial charge is 0.480 e. The lowest BCUT2D eigenvalue weighted by Gasteiger charge is -2.46. The molecule has 15 nitrogen and oxygen atoms in total. The fourth-order valence-corrected chi connectivity index (χ4v) is 7.47. The van der Waals surface area contributed by atoms with Crippen LogP contribution in [-0.4, -0.2) is 143 Å². The summed E-state index contributed by atoms with van der Waals surface area (Å²) in [6.45, 7) is 14.2. The highest BCUT2D eigenvalue weighted by molar-refractivity contribution is 5.73. The number of aliphatic hydroxyl groups is 4. The first kappa shape index (κ1) is 42.0. The van der Waals surface area contributed by atoms with E-state index in [2.05, 4.69) is 15.5 Å². The highest BCUT2D eigenvalue weighted by Gasteiger charge is 2.50. The number of nitrogens with one attached hydrogen (secondary N) is 1. The first-order valence-electron chi connectivity index (χ1n) is 17.6. The van der Waals surface area contributed by atoms with Crippen molar-refractivity contribution in [1.82, 2.24) is 20.4 Å². The molecule has 0 aliphatic carbocycles. The lowest BCUT2D eigenvalue weighted by molar-refractivity contribution is -0.290. The van der Waals surface area contributed by atoms with E-state index in [0.717, 1.165) is 0 Å². The maximum Gasteiger partial charge on any atom is 0.311 e. The van der Waals surface area contributed by atoms with E-state index in [1.165, 1.54) is 28.1 Å². The van der Waals surface area contributed by atoms with Crippen molar-refractivity contribution < 1.29 is 53.6 Å². The summed E-state index contributed by atoms with van der Waals surface area (Å²) in [6.07, 6.45) is -5.85. The van der Waals surface area contributed by atoms with Crippen LogP contribution in [-0.2, 0) is 19.0 Å². The molecule has 2 aliphatic rings. The predicted molar refractivity (Wildman–Crippen MR) is 184 cm³/mol. The van der Waals surface area contributed by atoms with Gasteiger partial charge in [0.05, 0.1) is 50.1 Å². The number of methoxy groups -OCH3 is 2. The fourth-order valence-electron chi connectivity index (χ4n) is 7.47. The Labute approximate surface area is 296 Å². The van der Waals surface area contributed by atoms with Gasteiger partial charge in [-0.3, -0.25) is 4.79 Å². The van der Waals surface area contributed by atoms with E-state index in [-0.39, 0.29) is 48.4 Å². The molecule has 0 saturated carbocycles. The first-order chi connectivity index (χ1) is 23.3. The van der Waals surface area contributed by atoms with Gasteiger partial charge in [-0.15, -0.1) is 10.2 Å². The smallest absolute Gasteiger partial charge is 0.311 e. The lowest BCUT2D eigenvalue weighted by atomic mass is 9.78. The van der Waals surface area contributed by atoms with Crippen molar-refractivity contribution in [3.63, 3.8) is 0 Å². The second-order valence-electron chi connectivity index (χ2n) is 14.8. The quantitative estimate of drug-likeness (QED) is 0.243. The number of ether oxygens (including phenoxy) is 6. The van der Waals surface area contributed by atoms with E-state index < -0.39 is 71.9 Å². The third kappa shape index (κ3) is 9.54. The SMILES string of the molecule is CC[C@H]1OC(=O)[C@H](C)[C@@H](O)[C@H](C)[C@@H](O[C@@H]2O[C@H](C)C[C@H](NC)[C@H]2Oc2cc(OC)nnc2OC)[C@](C)(O)C[C@@H](C)CN(C)[C@H](C)[C@@H](O)[C@]1(C)O. The summed E-state index contributed by atoms with van der Waals surface area (Å²) >= 11 is 0.